The maximum absolute atomic E-state index is 12.2. The largest absolute Gasteiger partial charge is 0.410 e. The molecule has 0 rings (SSSR count). The lowest BCUT2D eigenvalue weighted by Crippen LogP contribution is -2.33. The second kappa shape index (κ2) is 8.49. The molecule has 0 aromatic rings. The molecule has 0 saturated heterocycles. The van der Waals surface area contributed by atoms with Crippen molar-refractivity contribution in [1.29, 1.82) is 0 Å². The highest BCUT2D eigenvalue weighted by atomic mass is 32.3. The number of rotatable bonds is 9. The van der Waals surface area contributed by atoms with Gasteiger partial charge in [0.05, 0.1) is 17.4 Å². The molecular weight excluding hydrogens is 279 g/mol. The first-order valence-electron chi connectivity index (χ1n) is 5.56. The SMILES string of the molecule is C=CCC(CCCC)S(=O)(=O)NSN(C)C(=O)F. The Morgan fingerprint density at radius 2 is 2.22 bits per heavy atom. The average Bonchev–Trinajstić information content (AvgIpc) is 2.31. The third kappa shape index (κ3) is 6.36. The van der Waals surface area contributed by atoms with E-state index in [2.05, 4.69) is 10.7 Å². The van der Waals surface area contributed by atoms with E-state index in [0.29, 0.717) is 29.3 Å². The third-order valence-electron chi connectivity index (χ3n) is 2.29. The molecule has 0 bridgehead atoms. The number of halogens is 1. The van der Waals surface area contributed by atoms with Crippen LogP contribution in [0, 0.1) is 0 Å². The maximum Gasteiger partial charge on any atom is 0.410 e. The normalized spacial score (nSPS) is 13.1. The molecule has 0 aliphatic heterocycles. The van der Waals surface area contributed by atoms with Gasteiger partial charge in [0, 0.05) is 7.05 Å². The molecule has 0 radical (unpaired) electrons. The van der Waals surface area contributed by atoms with Crippen LogP contribution >= 0.6 is 12.1 Å². The molecule has 1 amide bonds. The fourth-order valence-corrected chi connectivity index (χ4v) is 3.57. The zero-order valence-electron chi connectivity index (χ0n) is 10.6. The van der Waals surface area contributed by atoms with Crippen molar-refractivity contribution in [1.82, 2.24) is 8.43 Å². The van der Waals surface area contributed by atoms with Crippen LogP contribution in [0.5, 0.6) is 0 Å². The molecule has 1 atom stereocenters. The highest BCUT2D eigenvalue weighted by Crippen LogP contribution is 2.17. The molecule has 0 aromatic heterocycles. The van der Waals surface area contributed by atoms with Crippen LogP contribution in [0.4, 0.5) is 9.18 Å². The molecule has 5 nitrogen and oxygen atoms in total. The van der Waals surface area contributed by atoms with Crippen molar-refractivity contribution in [3.63, 3.8) is 0 Å². The molecule has 8 heteroatoms. The summed E-state index contributed by atoms with van der Waals surface area (Å²) in [6.07, 6.45) is 2.32. The van der Waals surface area contributed by atoms with Gasteiger partial charge in [-0.25, -0.2) is 17.5 Å². The molecule has 0 heterocycles. The van der Waals surface area contributed by atoms with E-state index in [1.807, 2.05) is 6.92 Å². The lowest BCUT2D eigenvalue weighted by atomic mass is 10.1. The second-order valence-electron chi connectivity index (χ2n) is 3.76. The number of carbonyl (C=O) groups is 1. The quantitative estimate of drug-likeness (QED) is 0.307. The Hall–Kier alpha value is -0.600. The smallest absolute Gasteiger partial charge is 0.247 e. The minimum absolute atomic E-state index is 0.323. The molecule has 1 N–H and O–H groups in total. The molecule has 0 fully saturated rings. The highest BCUT2D eigenvalue weighted by molar-refractivity contribution is 8.08. The number of carbonyl (C=O) groups excluding carboxylic acids is 1. The molecule has 18 heavy (non-hydrogen) atoms. The minimum atomic E-state index is -3.60. The highest BCUT2D eigenvalue weighted by Gasteiger charge is 2.25. The van der Waals surface area contributed by atoms with Crippen LogP contribution in [0.1, 0.15) is 32.6 Å². The van der Waals surface area contributed by atoms with Crippen molar-refractivity contribution in [2.75, 3.05) is 7.05 Å². The summed E-state index contributed by atoms with van der Waals surface area (Å²) in [4.78, 5) is 10.3. The number of allylic oxidation sites excluding steroid dienone is 1. The second-order valence-corrected chi connectivity index (χ2v) is 6.91. The van der Waals surface area contributed by atoms with E-state index in [1.165, 1.54) is 6.08 Å². The number of sulfonamides is 1. The number of nitrogens with one attached hydrogen (secondary N) is 1. The number of nitrogens with zero attached hydrogens (tertiary/aromatic N) is 1. The van der Waals surface area contributed by atoms with Crippen LogP contribution in [-0.2, 0) is 10.0 Å². The van der Waals surface area contributed by atoms with Gasteiger partial charge >= 0.3 is 6.16 Å². The molecule has 0 aliphatic carbocycles. The fraction of sp³-hybridized carbons (Fsp3) is 0.700. The van der Waals surface area contributed by atoms with E-state index in [1.54, 1.807) is 0 Å². The average molecular weight is 298 g/mol. The van der Waals surface area contributed by atoms with Crippen molar-refractivity contribution >= 4 is 28.3 Å². The van der Waals surface area contributed by atoms with Gasteiger partial charge in [-0.2, -0.15) is 0 Å². The van der Waals surface area contributed by atoms with Gasteiger partial charge < -0.3 is 0 Å². The lowest BCUT2D eigenvalue weighted by molar-refractivity contribution is 0.209. The number of hydrogen-bond acceptors (Lipinski definition) is 4. The van der Waals surface area contributed by atoms with Crippen LogP contribution in [0.2, 0.25) is 0 Å². The molecule has 1 unspecified atom stereocenters. The first kappa shape index (κ1) is 17.4. The van der Waals surface area contributed by atoms with E-state index in [0.717, 1.165) is 19.9 Å². The Morgan fingerprint density at radius 3 is 2.67 bits per heavy atom. The Labute approximate surface area is 112 Å². The standard InChI is InChI=1S/C10H19FN2O3S2/c1-4-6-8-9(7-5-2)18(15,16)12-17-13(3)10(11)14/h5,9,12H,2,4,6-8H2,1,3H3. The Bertz CT molecular complexity index is 373. The monoisotopic (exact) mass is 298 g/mol. The predicted octanol–water partition coefficient (Wildman–Crippen LogP) is 2.63. The van der Waals surface area contributed by atoms with Crippen molar-refractivity contribution in [3.8, 4) is 0 Å². The van der Waals surface area contributed by atoms with Gasteiger partial charge in [0.15, 0.2) is 0 Å². The van der Waals surface area contributed by atoms with Crippen LogP contribution in [-0.4, -0.2) is 31.2 Å². The van der Waals surface area contributed by atoms with Gasteiger partial charge in [-0.3, -0.25) is 0 Å². The summed E-state index contributed by atoms with van der Waals surface area (Å²) in [5, 5.41) is -0.606. The van der Waals surface area contributed by atoms with E-state index < -0.39 is 21.4 Å². The fourth-order valence-electron chi connectivity index (χ4n) is 1.23. The first-order chi connectivity index (χ1) is 8.35. The van der Waals surface area contributed by atoms with E-state index in [9.17, 15) is 17.6 Å². The van der Waals surface area contributed by atoms with Crippen LogP contribution in [0.3, 0.4) is 0 Å². The number of amides is 1. The van der Waals surface area contributed by atoms with Crippen molar-refractivity contribution in [2.24, 2.45) is 0 Å². The Balaban J connectivity index is 4.53. The molecule has 106 valence electrons. The van der Waals surface area contributed by atoms with Gasteiger partial charge in [0.25, 0.3) is 0 Å². The number of unbranched alkanes of at least 4 members (excludes halogenated alkanes) is 1. The summed E-state index contributed by atoms with van der Waals surface area (Å²) in [6.45, 7) is 5.49. The first-order valence-corrected chi connectivity index (χ1v) is 7.88. The summed E-state index contributed by atoms with van der Waals surface area (Å²) in [6, 6.07) is 0. The topological polar surface area (TPSA) is 66.5 Å². The van der Waals surface area contributed by atoms with Crippen molar-refractivity contribution in [2.45, 2.75) is 37.9 Å². The molecular formula is C10H19FN2O3S2. The Morgan fingerprint density at radius 1 is 1.61 bits per heavy atom. The molecule has 0 aromatic carbocycles. The lowest BCUT2D eigenvalue weighted by Gasteiger charge is -2.17. The summed E-state index contributed by atoms with van der Waals surface area (Å²) in [5.41, 5.74) is 0. The summed E-state index contributed by atoms with van der Waals surface area (Å²) >= 11 is 0.416. The van der Waals surface area contributed by atoms with Crippen molar-refractivity contribution in [3.05, 3.63) is 12.7 Å². The van der Waals surface area contributed by atoms with Gasteiger partial charge in [-0.1, -0.05) is 25.8 Å². The zero-order chi connectivity index (χ0) is 14.2. The van der Waals surface area contributed by atoms with E-state index >= 15 is 0 Å². The molecule has 0 aliphatic rings. The van der Waals surface area contributed by atoms with E-state index in [-0.39, 0.29) is 0 Å². The predicted molar refractivity (Wildman–Crippen MR) is 72.0 cm³/mol. The van der Waals surface area contributed by atoms with Crippen molar-refractivity contribution < 1.29 is 17.6 Å². The van der Waals surface area contributed by atoms with Gasteiger partial charge in [0.1, 0.15) is 0 Å². The third-order valence-corrected chi connectivity index (χ3v) is 5.24. The van der Waals surface area contributed by atoms with Gasteiger partial charge in [0.2, 0.25) is 10.0 Å². The summed E-state index contributed by atoms with van der Waals surface area (Å²) < 4.78 is 38.8. The summed E-state index contributed by atoms with van der Waals surface area (Å²) in [7, 11) is -2.46. The minimum Gasteiger partial charge on any atom is -0.247 e. The van der Waals surface area contributed by atoms with Crippen LogP contribution < -0.4 is 4.13 Å². The maximum atomic E-state index is 12.2. The number of hydrogen-bond donors (Lipinski definition) is 1. The Kier molecular flexibility index (Phi) is 8.21. The van der Waals surface area contributed by atoms with Gasteiger partial charge in [-0.05, 0) is 12.8 Å². The van der Waals surface area contributed by atoms with E-state index in [4.69, 9.17) is 0 Å². The molecule has 0 saturated carbocycles. The summed E-state index contributed by atoms with van der Waals surface area (Å²) in [5.74, 6) is 0. The van der Waals surface area contributed by atoms with Gasteiger partial charge in [-0.15, -0.1) is 15.1 Å². The zero-order valence-corrected chi connectivity index (χ0v) is 12.2. The van der Waals surface area contributed by atoms with Crippen LogP contribution in [0.25, 0.3) is 0 Å². The molecule has 0 spiro atoms. The van der Waals surface area contributed by atoms with Crippen LogP contribution in [0.15, 0.2) is 12.7 Å².